The number of rotatable bonds is 13. The number of piperidine rings is 1. The number of sulfonamides is 1. The Morgan fingerprint density at radius 2 is 1.54 bits per heavy atom. The van der Waals surface area contributed by atoms with E-state index in [-0.39, 0.29) is 64.1 Å². The quantitative estimate of drug-likeness (QED) is 0.109. The molecule has 0 amide bonds. The van der Waals surface area contributed by atoms with Gasteiger partial charge in [0.2, 0.25) is 0 Å². The zero-order chi connectivity index (χ0) is 34.5. The maximum atomic E-state index is 13.1. The second-order valence-corrected chi connectivity index (χ2v) is 14.0. The molecule has 256 valence electrons. The van der Waals surface area contributed by atoms with E-state index in [1.54, 1.807) is 36.5 Å². The molecule has 1 saturated heterocycles. The molecule has 0 unspecified atom stereocenters. The van der Waals surface area contributed by atoms with Crippen molar-refractivity contribution in [1.82, 2.24) is 9.29 Å². The number of carbonyl (C=O) groups is 1. The average molecular weight is 727 g/mol. The van der Waals surface area contributed by atoms with Gasteiger partial charge in [-0.25, -0.2) is 8.42 Å². The van der Waals surface area contributed by atoms with E-state index < -0.39 is 21.5 Å². The van der Waals surface area contributed by atoms with Gasteiger partial charge in [-0.05, 0) is 72.0 Å². The first kappa shape index (κ1) is 35.7. The van der Waals surface area contributed by atoms with Gasteiger partial charge < -0.3 is 19.9 Å². The summed E-state index contributed by atoms with van der Waals surface area (Å²) in [5.41, 5.74) is -1.50. The van der Waals surface area contributed by atoms with Gasteiger partial charge in [0.15, 0.2) is 0 Å². The lowest BCUT2D eigenvalue weighted by atomic mass is 9.84. The maximum Gasteiger partial charge on any atom is 0.511 e. The summed E-state index contributed by atoms with van der Waals surface area (Å²) in [5, 5.41) is 14.1. The lowest BCUT2D eigenvalue weighted by Crippen LogP contribution is -2.47. The lowest BCUT2D eigenvalue weighted by molar-refractivity contribution is -0.138. The van der Waals surface area contributed by atoms with Crippen molar-refractivity contribution in [2.75, 3.05) is 38.2 Å². The summed E-state index contributed by atoms with van der Waals surface area (Å²) in [6, 6.07) is 20.2. The molecule has 1 aliphatic heterocycles. The minimum atomic E-state index is -5.41. The molecule has 2 N–H and O–H groups in total. The molecule has 2 heterocycles. The third-order valence-electron chi connectivity index (χ3n) is 7.96. The van der Waals surface area contributed by atoms with Crippen LogP contribution >= 0.6 is 23.2 Å². The van der Waals surface area contributed by atoms with Crippen LogP contribution in [0.1, 0.15) is 41.9 Å². The Bertz CT molecular complexity index is 1790. The number of nitrogens with one attached hydrogen (secondary N) is 1. The number of halogens is 5. The third-order valence-corrected chi connectivity index (χ3v) is 10.1. The SMILES string of the molecule is O=C(O)CCOCCOc1cc(C(c2ccc(Cl)cc2)c2ccc(Cl)cc2)cc2c(NC3CCN(S(=O)(=O)C(F)(F)F)CC3)ccnc12. The van der Waals surface area contributed by atoms with E-state index in [1.807, 2.05) is 36.4 Å². The average Bonchev–Trinajstić information content (AvgIpc) is 3.04. The third kappa shape index (κ3) is 8.50. The maximum absolute atomic E-state index is 13.1. The molecular formula is C33H32Cl2F3N3O6S. The zero-order valence-electron chi connectivity index (χ0n) is 25.4. The van der Waals surface area contributed by atoms with E-state index in [0.29, 0.717) is 36.7 Å². The second kappa shape index (κ2) is 15.3. The molecule has 1 aromatic heterocycles. The Morgan fingerprint density at radius 3 is 2.10 bits per heavy atom. The van der Waals surface area contributed by atoms with Gasteiger partial charge in [0.25, 0.3) is 0 Å². The molecule has 48 heavy (non-hydrogen) atoms. The molecule has 0 spiro atoms. The number of hydrogen-bond donors (Lipinski definition) is 2. The molecule has 0 radical (unpaired) electrons. The van der Waals surface area contributed by atoms with Crippen LogP contribution in [0.25, 0.3) is 10.9 Å². The Labute approximate surface area is 285 Å². The summed E-state index contributed by atoms with van der Waals surface area (Å²) in [6.45, 7) is -0.285. The molecule has 9 nitrogen and oxygen atoms in total. The molecule has 15 heteroatoms. The number of aromatic nitrogens is 1. The van der Waals surface area contributed by atoms with Crippen LogP contribution in [0.3, 0.4) is 0 Å². The van der Waals surface area contributed by atoms with E-state index in [9.17, 15) is 26.4 Å². The highest BCUT2D eigenvalue weighted by Crippen LogP contribution is 2.40. The number of anilines is 1. The van der Waals surface area contributed by atoms with E-state index in [1.165, 1.54) is 0 Å². The van der Waals surface area contributed by atoms with Crippen LogP contribution in [0.4, 0.5) is 18.9 Å². The van der Waals surface area contributed by atoms with Crippen LogP contribution < -0.4 is 10.1 Å². The Kier molecular flexibility index (Phi) is 11.4. The molecule has 4 aromatic rings. The highest BCUT2D eigenvalue weighted by atomic mass is 35.5. The lowest BCUT2D eigenvalue weighted by Gasteiger charge is -2.32. The second-order valence-electron chi connectivity index (χ2n) is 11.2. The van der Waals surface area contributed by atoms with Crippen molar-refractivity contribution in [2.24, 2.45) is 0 Å². The summed E-state index contributed by atoms with van der Waals surface area (Å²) in [4.78, 5) is 15.4. The number of benzene rings is 3. The molecule has 0 bridgehead atoms. The summed E-state index contributed by atoms with van der Waals surface area (Å²) in [5.74, 6) is -0.837. The van der Waals surface area contributed by atoms with Gasteiger partial charge in [-0.1, -0.05) is 47.5 Å². The summed E-state index contributed by atoms with van der Waals surface area (Å²) in [6.07, 6.45) is 1.77. The van der Waals surface area contributed by atoms with Crippen molar-refractivity contribution in [3.05, 3.63) is 99.7 Å². The number of carboxylic acid groups (broad SMARTS) is 1. The van der Waals surface area contributed by atoms with Crippen LogP contribution in [0.5, 0.6) is 5.75 Å². The predicted octanol–water partition coefficient (Wildman–Crippen LogP) is 7.32. The molecular weight excluding hydrogens is 694 g/mol. The van der Waals surface area contributed by atoms with Crippen molar-refractivity contribution in [3.8, 4) is 5.75 Å². The van der Waals surface area contributed by atoms with Crippen LogP contribution in [0.15, 0.2) is 72.9 Å². The zero-order valence-corrected chi connectivity index (χ0v) is 27.7. The minimum absolute atomic E-state index is 0.0318. The summed E-state index contributed by atoms with van der Waals surface area (Å²) in [7, 11) is -5.41. The standard InChI is InChI=1S/C33H32Cl2F3N3O6S/c34-24-5-1-21(2-6-24)31(22-3-7-25(35)8-4-22)23-19-27-28(40-26-10-14-41(15-11-26)48(44,45)33(36,37)38)9-13-39-32(27)29(20-23)47-18-17-46-16-12-30(42)43/h1-9,13,19-20,26,31H,10-12,14-18H2,(H,39,40)(H,42,43). The van der Waals surface area contributed by atoms with Crippen molar-refractivity contribution >= 4 is 55.8 Å². The normalized spacial score (nSPS) is 14.8. The first-order valence-electron chi connectivity index (χ1n) is 15.0. The highest BCUT2D eigenvalue weighted by Gasteiger charge is 2.50. The Hall–Kier alpha value is -3.62. The molecule has 0 aliphatic carbocycles. The van der Waals surface area contributed by atoms with E-state index in [4.69, 9.17) is 37.8 Å². The molecule has 0 saturated carbocycles. The van der Waals surface area contributed by atoms with Crippen LogP contribution in [0, 0.1) is 0 Å². The van der Waals surface area contributed by atoms with Crippen LogP contribution in [0.2, 0.25) is 10.0 Å². The van der Waals surface area contributed by atoms with Gasteiger partial charge in [-0.3, -0.25) is 9.78 Å². The smallest absolute Gasteiger partial charge is 0.489 e. The van der Waals surface area contributed by atoms with Crippen molar-refractivity contribution in [2.45, 2.75) is 36.7 Å². The topological polar surface area (TPSA) is 118 Å². The first-order valence-corrected chi connectivity index (χ1v) is 17.2. The number of nitrogens with zero attached hydrogens (tertiary/aromatic N) is 2. The van der Waals surface area contributed by atoms with E-state index in [2.05, 4.69) is 10.3 Å². The minimum Gasteiger partial charge on any atom is -0.489 e. The monoisotopic (exact) mass is 725 g/mol. The largest absolute Gasteiger partial charge is 0.511 e. The van der Waals surface area contributed by atoms with Gasteiger partial charge in [-0.15, -0.1) is 0 Å². The van der Waals surface area contributed by atoms with E-state index >= 15 is 0 Å². The van der Waals surface area contributed by atoms with Crippen LogP contribution in [-0.4, -0.2) is 73.2 Å². The molecule has 1 fully saturated rings. The van der Waals surface area contributed by atoms with Gasteiger partial charge in [0, 0.05) is 52.4 Å². The fourth-order valence-electron chi connectivity index (χ4n) is 5.61. The highest BCUT2D eigenvalue weighted by molar-refractivity contribution is 7.90. The number of carboxylic acids is 1. The fourth-order valence-corrected chi connectivity index (χ4v) is 6.85. The van der Waals surface area contributed by atoms with E-state index in [0.717, 1.165) is 16.7 Å². The molecule has 5 rings (SSSR count). The molecule has 1 aliphatic rings. The number of hydrogen-bond acceptors (Lipinski definition) is 7. The van der Waals surface area contributed by atoms with Crippen molar-refractivity contribution in [3.63, 3.8) is 0 Å². The number of pyridine rings is 1. The fraction of sp³-hybridized carbons (Fsp3) is 0.333. The summed E-state index contributed by atoms with van der Waals surface area (Å²) < 4.78 is 75.3. The Morgan fingerprint density at radius 1 is 0.938 bits per heavy atom. The van der Waals surface area contributed by atoms with Gasteiger partial charge >= 0.3 is 21.5 Å². The Balaban J connectivity index is 1.51. The van der Waals surface area contributed by atoms with Crippen molar-refractivity contribution in [1.29, 1.82) is 0 Å². The predicted molar refractivity (Wildman–Crippen MR) is 177 cm³/mol. The number of alkyl halides is 3. The van der Waals surface area contributed by atoms with Gasteiger partial charge in [0.1, 0.15) is 17.9 Å². The number of ether oxygens (including phenoxy) is 2. The van der Waals surface area contributed by atoms with Crippen LogP contribution in [-0.2, 0) is 19.6 Å². The number of fused-ring (bicyclic) bond motifs is 1. The number of aliphatic carboxylic acids is 1. The first-order chi connectivity index (χ1) is 22.8. The van der Waals surface area contributed by atoms with Gasteiger partial charge in [-0.2, -0.15) is 17.5 Å². The van der Waals surface area contributed by atoms with Crippen molar-refractivity contribution < 1.29 is 41.0 Å². The summed E-state index contributed by atoms with van der Waals surface area (Å²) >= 11 is 12.4. The molecule has 3 aromatic carbocycles. The molecule has 0 atom stereocenters. The van der Waals surface area contributed by atoms with Gasteiger partial charge in [0.05, 0.1) is 19.6 Å².